The second-order valence-corrected chi connectivity index (χ2v) is 5.45. The van der Waals surface area contributed by atoms with Crippen LogP contribution in [0.3, 0.4) is 0 Å². The fourth-order valence-electron chi connectivity index (χ4n) is 1.18. The Labute approximate surface area is 122 Å². The van der Waals surface area contributed by atoms with Crippen molar-refractivity contribution >= 4 is 25.3 Å². The van der Waals surface area contributed by atoms with Crippen LogP contribution in [0.4, 0.5) is 0 Å². The van der Waals surface area contributed by atoms with Gasteiger partial charge in [-0.25, -0.2) is 0 Å². The van der Waals surface area contributed by atoms with Gasteiger partial charge in [0.2, 0.25) is 0 Å². The molecule has 9 heteroatoms. The zero-order chi connectivity index (χ0) is 15.1. The van der Waals surface area contributed by atoms with E-state index in [1.54, 1.807) is 0 Å². The quantitative estimate of drug-likeness (QED) is 0.164. The van der Waals surface area contributed by atoms with Crippen molar-refractivity contribution in [2.75, 3.05) is 39.6 Å². The molecule has 0 aliphatic heterocycles. The SMILES string of the molecule is OCC(CO)(CO)C(S)OC(S)C(CO)(CO)CO. The number of thiol groups is 2. The van der Waals surface area contributed by atoms with Crippen LogP contribution in [0.25, 0.3) is 0 Å². The molecule has 0 spiro atoms. The molecule has 0 radical (unpaired) electrons. The van der Waals surface area contributed by atoms with Crippen LogP contribution in [0, 0.1) is 10.8 Å². The molecule has 0 aromatic heterocycles. The van der Waals surface area contributed by atoms with E-state index in [9.17, 15) is 30.6 Å². The highest BCUT2D eigenvalue weighted by molar-refractivity contribution is 7.81. The molecule has 0 aliphatic rings. The number of hydrogen-bond acceptors (Lipinski definition) is 9. The second kappa shape index (κ2) is 8.65. The van der Waals surface area contributed by atoms with Crippen molar-refractivity contribution in [3.05, 3.63) is 0 Å². The van der Waals surface area contributed by atoms with Gasteiger partial charge < -0.3 is 35.4 Å². The van der Waals surface area contributed by atoms with Crippen molar-refractivity contribution in [2.24, 2.45) is 10.8 Å². The number of rotatable bonds is 10. The zero-order valence-electron chi connectivity index (χ0n) is 10.4. The molecule has 116 valence electrons. The summed E-state index contributed by atoms with van der Waals surface area (Å²) < 4.78 is 5.30. The first-order valence-corrected chi connectivity index (χ1v) is 6.62. The van der Waals surface area contributed by atoms with Crippen molar-refractivity contribution in [1.82, 2.24) is 0 Å². The van der Waals surface area contributed by atoms with Crippen molar-refractivity contribution in [2.45, 2.75) is 10.9 Å². The minimum absolute atomic E-state index is 0.584. The molecule has 7 nitrogen and oxygen atoms in total. The topological polar surface area (TPSA) is 131 Å². The average molecular weight is 318 g/mol. The van der Waals surface area contributed by atoms with Gasteiger partial charge in [-0.1, -0.05) is 0 Å². The summed E-state index contributed by atoms with van der Waals surface area (Å²) in [6.45, 7) is -3.51. The number of aliphatic hydroxyl groups excluding tert-OH is 6. The summed E-state index contributed by atoms with van der Waals surface area (Å²) in [5, 5.41) is 55.3. The first-order valence-electron chi connectivity index (χ1n) is 5.58. The van der Waals surface area contributed by atoms with Gasteiger partial charge in [-0.15, -0.1) is 25.3 Å². The lowest BCUT2D eigenvalue weighted by atomic mass is 9.90. The minimum atomic E-state index is -1.41. The third kappa shape index (κ3) is 4.19. The highest BCUT2D eigenvalue weighted by Crippen LogP contribution is 2.33. The van der Waals surface area contributed by atoms with Gasteiger partial charge in [-0.3, -0.25) is 0 Å². The largest absolute Gasteiger partial charge is 0.395 e. The van der Waals surface area contributed by atoms with Gasteiger partial charge in [0.25, 0.3) is 0 Å². The molecule has 0 amide bonds. The van der Waals surface area contributed by atoms with Gasteiger partial charge in [0.1, 0.15) is 10.9 Å². The van der Waals surface area contributed by atoms with Gasteiger partial charge in [0.05, 0.1) is 50.5 Å². The fourth-order valence-corrected chi connectivity index (χ4v) is 2.01. The Kier molecular flexibility index (Phi) is 8.84. The van der Waals surface area contributed by atoms with E-state index in [1.165, 1.54) is 0 Å². The Balaban J connectivity index is 4.92. The van der Waals surface area contributed by atoms with Gasteiger partial charge in [0.15, 0.2) is 0 Å². The molecule has 0 aromatic rings. The van der Waals surface area contributed by atoms with Crippen molar-refractivity contribution in [3.8, 4) is 0 Å². The average Bonchev–Trinajstić information content (AvgIpc) is 2.44. The summed E-state index contributed by atoms with van der Waals surface area (Å²) in [7, 11) is 0. The molecule has 0 heterocycles. The van der Waals surface area contributed by atoms with E-state index >= 15 is 0 Å². The van der Waals surface area contributed by atoms with Crippen LogP contribution in [0.5, 0.6) is 0 Å². The summed E-state index contributed by atoms with van der Waals surface area (Å²) in [5.41, 5.74) is -5.04. The Bertz CT molecular complexity index is 206. The Hall–Kier alpha value is 0.420. The van der Waals surface area contributed by atoms with Crippen molar-refractivity contribution in [3.63, 3.8) is 0 Å². The summed E-state index contributed by atoms with van der Waals surface area (Å²) in [4.78, 5) is 0. The van der Waals surface area contributed by atoms with Gasteiger partial charge in [-0.2, -0.15) is 0 Å². The maximum absolute atomic E-state index is 9.21. The Morgan fingerprint density at radius 1 is 0.632 bits per heavy atom. The molecule has 2 atom stereocenters. The molecule has 2 unspecified atom stereocenters. The van der Waals surface area contributed by atoms with Crippen LogP contribution >= 0.6 is 25.3 Å². The third-order valence-corrected chi connectivity index (χ3v) is 4.53. The van der Waals surface area contributed by atoms with E-state index in [-0.39, 0.29) is 0 Å². The third-order valence-electron chi connectivity index (χ3n) is 3.19. The predicted molar refractivity (Wildman–Crippen MR) is 74.0 cm³/mol. The molecule has 19 heavy (non-hydrogen) atoms. The van der Waals surface area contributed by atoms with Crippen LogP contribution in [0.15, 0.2) is 0 Å². The van der Waals surface area contributed by atoms with Crippen molar-refractivity contribution < 1.29 is 35.4 Å². The predicted octanol–water partition coefficient (Wildman–Crippen LogP) is -2.56. The lowest BCUT2D eigenvalue weighted by molar-refractivity contribution is -0.127. The molecular formula is C10H22O7S2. The van der Waals surface area contributed by atoms with E-state index in [1.807, 2.05) is 0 Å². The number of aliphatic hydroxyl groups is 6. The first kappa shape index (κ1) is 19.4. The van der Waals surface area contributed by atoms with E-state index in [0.29, 0.717) is 0 Å². The van der Waals surface area contributed by atoms with Crippen LogP contribution in [-0.4, -0.2) is 81.2 Å². The molecule has 0 saturated carbocycles. The standard InChI is InChI=1S/C10H22O7S2/c11-1-9(2-12,3-13)7(18)17-8(19)10(4-14,5-15)6-16/h7-8,11-16,18-19H,1-6H2. The molecular weight excluding hydrogens is 296 g/mol. The molecule has 0 aliphatic carbocycles. The molecule has 0 fully saturated rings. The number of hydrogen-bond donors (Lipinski definition) is 8. The van der Waals surface area contributed by atoms with Gasteiger partial charge in [0, 0.05) is 0 Å². The minimum Gasteiger partial charge on any atom is -0.395 e. The summed E-state index contributed by atoms with van der Waals surface area (Å²) >= 11 is 8.09. The van der Waals surface area contributed by atoms with Crippen LogP contribution in [0.1, 0.15) is 0 Å². The maximum atomic E-state index is 9.21. The highest BCUT2D eigenvalue weighted by atomic mass is 32.1. The highest BCUT2D eigenvalue weighted by Gasteiger charge is 2.43. The van der Waals surface area contributed by atoms with E-state index < -0.39 is 61.3 Å². The summed E-state index contributed by atoms with van der Waals surface area (Å²) in [6, 6.07) is 0. The maximum Gasteiger partial charge on any atom is 0.114 e. The Morgan fingerprint density at radius 3 is 1.00 bits per heavy atom. The van der Waals surface area contributed by atoms with E-state index in [4.69, 9.17) is 4.74 Å². The number of ether oxygens (including phenoxy) is 1. The molecule has 0 aromatic carbocycles. The molecule has 0 bridgehead atoms. The van der Waals surface area contributed by atoms with Gasteiger partial charge in [-0.05, 0) is 0 Å². The van der Waals surface area contributed by atoms with Crippen molar-refractivity contribution in [1.29, 1.82) is 0 Å². The summed E-state index contributed by atoms with van der Waals surface area (Å²) in [5.74, 6) is 0. The lowest BCUT2D eigenvalue weighted by Gasteiger charge is -2.39. The monoisotopic (exact) mass is 318 g/mol. The lowest BCUT2D eigenvalue weighted by Crippen LogP contribution is -2.50. The first-order chi connectivity index (χ1) is 8.91. The van der Waals surface area contributed by atoms with Crippen LogP contribution < -0.4 is 0 Å². The normalized spacial score (nSPS) is 16.4. The van der Waals surface area contributed by atoms with Gasteiger partial charge >= 0.3 is 0 Å². The molecule has 0 rings (SSSR count). The van der Waals surface area contributed by atoms with E-state index in [0.717, 1.165) is 0 Å². The van der Waals surface area contributed by atoms with E-state index in [2.05, 4.69) is 25.3 Å². The zero-order valence-corrected chi connectivity index (χ0v) is 12.2. The van der Waals surface area contributed by atoms with Crippen LogP contribution in [-0.2, 0) is 4.74 Å². The fraction of sp³-hybridized carbons (Fsp3) is 1.00. The van der Waals surface area contributed by atoms with Crippen LogP contribution in [0.2, 0.25) is 0 Å². The molecule has 6 N–H and O–H groups in total. The molecule has 0 saturated heterocycles. The summed E-state index contributed by atoms with van der Waals surface area (Å²) in [6.07, 6.45) is 0. The Morgan fingerprint density at radius 2 is 0.842 bits per heavy atom. The smallest absolute Gasteiger partial charge is 0.114 e. The second-order valence-electron chi connectivity index (χ2n) is 4.51.